The van der Waals surface area contributed by atoms with E-state index in [1.54, 1.807) is 0 Å². The first-order valence-electron chi connectivity index (χ1n) is 6.77. The van der Waals surface area contributed by atoms with Gasteiger partial charge in [0.05, 0.1) is 18.3 Å². The molecule has 0 aliphatic heterocycles. The number of unbranched alkanes of at least 4 members (excludes halogenated alkanes) is 2. The summed E-state index contributed by atoms with van der Waals surface area (Å²) in [5.41, 5.74) is 0. The van der Waals surface area contributed by atoms with E-state index in [0.29, 0.717) is 12.8 Å². The average molecular weight is 288 g/mol. The van der Waals surface area contributed by atoms with E-state index in [1.807, 2.05) is 6.92 Å². The summed E-state index contributed by atoms with van der Waals surface area (Å²) in [5, 5.41) is 27.4. The summed E-state index contributed by atoms with van der Waals surface area (Å²) in [6, 6.07) is 0. The Morgan fingerprint density at radius 3 is 2.30 bits per heavy atom. The van der Waals surface area contributed by atoms with Gasteiger partial charge >= 0.3 is 11.9 Å². The Morgan fingerprint density at radius 2 is 1.75 bits per heavy atom. The largest absolute Gasteiger partial charge is 0.478 e. The fraction of sp³-hybridized carbons (Fsp3) is 0.714. The molecule has 0 aromatic rings. The maximum Gasteiger partial charge on any atom is 0.328 e. The zero-order chi connectivity index (χ0) is 15.5. The molecule has 6 nitrogen and oxygen atoms in total. The minimum absolute atomic E-state index is 0.110. The molecule has 0 radical (unpaired) electrons. The number of hydrogen-bond acceptors (Lipinski definition) is 5. The first kappa shape index (κ1) is 18.6. The SMILES string of the molecule is CC(=O)O[C@H](C)CCCCC[C@@H](O)[C@H](O)/C=C/C(=O)O. The number of aliphatic hydroxyl groups is 2. The van der Waals surface area contributed by atoms with Crippen LogP contribution >= 0.6 is 0 Å². The number of ether oxygens (including phenoxy) is 1. The molecule has 0 saturated heterocycles. The van der Waals surface area contributed by atoms with Gasteiger partial charge in [-0.3, -0.25) is 4.79 Å². The Kier molecular flexibility index (Phi) is 9.67. The van der Waals surface area contributed by atoms with Crippen LogP contribution < -0.4 is 0 Å². The highest BCUT2D eigenvalue weighted by Crippen LogP contribution is 2.11. The Labute approximate surface area is 119 Å². The summed E-state index contributed by atoms with van der Waals surface area (Å²) < 4.78 is 4.98. The highest BCUT2D eigenvalue weighted by Gasteiger charge is 2.13. The summed E-state index contributed by atoms with van der Waals surface area (Å²) in [5.74, 6) is -1.45. The van der Waals surface area contributed by atoms with Crippen LogP contribution in [0.5, 0.6) is 0 Å². The highest BCUT2D eigenvalue weighted by atomic mass is 16.5. The maximum absolute atomic E-state index is 10.7. The highest BCUT2D eigenvalue weighted by molar-refractivity contribution is 5.79. The predicted octanol–water partition coefficient (Wildman–Crippen LogP) is 1.25. The van der Waals surface area contributed by atoms with Crippen molar-refractivity contribution in [3.63, 3.8) is 0 Å². The number of esters is 1. The van der Waals surface area contributed by atoms with Gasteiger partial charge in [0.2, 0.25) is 0 Å². The number of aliphatic hydroxyl groups excluding tert-OH is 2. The van der Waals surface area contributed by atoms with E-state index >= 15 is 0 Å². The van der Waals surface area contributed by atoms with Crippen molar-refractivity contribution < 1.29 is 29.6 Å². The summed E-state index contributed by atoms with van der Waals surface area (Å²) >= 11 is 0. The van der Waals surface area contributed by atoms with Crippen molar-refractivity contribution >= 4 is 11.9 Å². The van der Waals surface area contributed by atoms with Gasteiger partial charge in [-0.15, -0.1) is 0 Å². The maximum atomic E-state index is 10.7. The van der Waals surface area contributed by atoms with Crippen LogP contribution in [-0.4, -0.2) is 45.6 Å². The molecule has 6 heteroatoms. The molecule has 0 aromatic carbocycles. The minimum atomic E-state index is -1.16. The van der Waals surface area contributed by atoms with Crippen molar-refractivity contribution in [1.29, 1.82) is 0 Å². The number of carboxylic acids is 1. The normalized spacial score (nSPS) is 15.8. The Balaban J connectivity index is 3.68. The third kappa shape index (κ3) is 10.5. The van der Waals surface area contributed by atoms with Crippen LogP contribution in [0.15, 0.2) is 12.2 Å². The molecule has 116 valence electrons. The van der Waals surface area contributed by atoms with Crippen LogP contribution in [0.2, 0.25) is 0 Å². The molecule has 0 heterocycles. The van der Waals surface area contributed by atoms with Gasteiger partial charge in [-0.1, -0.05) is 12.8 Å². The van der Waals surface area contributed by atoms with Gasteiger partial charge in [-0.05, 0) is 32.3 Å². The molecule has 0 fully saturated rings. The van der Waals surface area contributed by atoms with Gasteiger partial charge in [0.1, 0.15) is 0 Å². The summed E-state index contributed by atoms with van der Waals surface area (Å²) in [6.07, 6.45) is 3.23. The second kappa shape index (κ2) is 10.4. The molecule has 0 rings (SSSR count). The van der Waals surface area contributed by atoms with E-state index in [9.17, 15) is 19.8 Å². The van der Waals surface area contributed by atoms with Crippen molar-refractivity contribution in [2.75, 3.05) is 0 Å². The Hall–Kier alpha value is -1.40. The quantitative estimate of drug-likeness (QED) is 0.317. The molecule has 3 atom stereocenters. The number of carbonyl (C=O) groups excluding carboxylic acids is 1. The molecule has 0 amide bonds. The van der Waals surface area contributed by atoms with Crippen molar-refractivity contribution in [2.24, 2.45) is 0 Å². The van der Waals surface area contributed by atoms with Crippen molar-refractivity contribution in [1.82, 2.24) is 0 Å². The van der Waals surface area contributed by atoms with Crippen molar-refractivity contribution in [3.8, 4) is 0 Å². The van der Waals surface area contributed by atoms with E-state index in [2.05, 4.69) is 0 Å². The fourth-order valence-electron chi connectivity index (χ4n) is 1.78. The van der Waals surface area contributed by atoms with Crippen LogP contribution in [0.4, 0.5) is 0 Å². The summed E-state index contributed by atoms with van der Waals surface area (Å²) in [6.45, 7) is 3.20. The van der Waals surface area contributed by atoms with Gasteiger partial charge in [0.15, 0.2) is 0 Å². The number of carbonyl (C=O) groups is 2. The lowest BCUT2D eigenvalue weighted by Crippen LogP contribution is -2.23. The zero-order valence-electron chi connectivity index (χ0n) is 12.0. The van der Waals surface area contributed by atoms with Crippen molar-refractivity contribution in [3.05, 3.63) is 12.2 Å². The second-order valence-corrected chi connectivity index (χ2v) is 4.81. The van der Waals surface area contributed by atoms with E-state index in [0.717, 1.165) is 31.4 Å². The third-order valence-electron chi connectivity index (χ3n) is 2.81. The smallest absolute Gasteiger partial charge is 0.328 e. The van der Waals surface area contributed by atoms with Crippen molar-refractivity contribution in [2.45, 2.75) is 64.3 Å². The standard InChI is InChI=1S/C14H24O6/c1-10(20-11(2)15)6-4-3-5-7-12(16)13(17)8-9-14(18)19/h8-10,12-13,16-17H,3-7H2,1-2H3,(H,18,19)/b9-8+/t10-,12-,13-/m1/s1. The second-order valence-electron chi connectivity index (χ2n) is 4.81. The minimum Gasteiger partial charge on any atom is -0.478 e. The molecule has 0 spiro atoms. The third-order valence-corrected chi connectivity index (χ3v) is 2.81. The zero-order valence-corrected chi connectivity index (χ0v) is 12.0. The predicted molar refractivity (Wildman–Crippen MR) is 73.1 cm³/mol. The molecule has 0 saturated carbocycles. The number of rotatable bonds is 10. The molecule has 0 aliphatic rings. The van der Waals surface area contributed by atoms with Crippen LogP contribution in [0.3, 0.4) is 0 Å². The fourth-order valence-corrected chi connectivity index (χ4v) is 1.78. The topological polar surface area (TPSA) is 104 Å². The van der Waals surface area contributed by atoms with E-state index in [-0.39, 0.29) is 12.1 Å². The lowest BCUT2D eigenvalue weighted by atomic mass is 10.0. The van der Waals surface area contributed by atoms with E-state index in [1.165, 1.54) is 6.92 Å². The van der Waals surface area contributed by atoms with Gasteiger partial charge in [0.25, 0.3) is 0 Å². The molecule has 3 N–H and O–H groups in total. The van der Waals surface area contributed by atoms with Gasteiger partial charge < -0.3 is 20.1 Å². The molecule has 0 aromatic heterocycles. The monoisotopic (exact) mass is 288 g/mol. The van der Waals surface area contributed by atoms with Gasteiger partial charge in [0, 0.05) is 13.0 Å². The molecule has 0 bridgehead atoms. The first-order valence-corrected chi connectivity index (χ1v) is 6.77. The molecule has 0 unspecified atom stereocenters. The van der Waals surface area contributed by atoms with E-state index in [4.69, 9.17) is 9.84 Å². The molecule has 20 heavy (non-hydrogen) atoms. The Bertz CT molecular complexity index is 326. The summed E-state index contributed by atoms with van der Waals surface area (Å²) in [7, 11) is 0. The van der Waals surface area contributed by atoms with Gasteiger partial charge in [-0.25, -0.2) is 4.79 Å². The van der Waals surface area contributed by atoms with Crippen LogP contribution in [-0.2, 0) is 14.3 Å². The average Bonchev–Trinajstić information content (AvgIpc) is 2.34. The Morgan fingerprint density at radius 1 is 1.15 bits per heavy atom. The lowest BCUT2D eigenvalue weighted by molar-refractivity contribution is -0.145. The molecular weight excluding hydrogens is 264 g/mol. The first-order chi connectivity index (χ1) is 9.32. The van der Waals surface area contributed by atoms with Crippen LogP contribution in [0.1, 0.15) is 46.0 Å². The van der Waals surface area contributed by atoms with Crippen LogP contribution in [0.25, 0.3) is 0 Å². The summed E-state index contributed by atoms with van der Waals surface area (Å²) in [4.78, 5) is 20.9. The lowest BCUT2D eigenvalue weighted by Gasteiger charge is -2.15. The number of hydrogen-bond donors (Lipinski definition) is 3. The number of aliphatic carboxylic acids is 1. The van der Waals surface area contributed by atoms with E-state index < -0.39 is 18.2 Å². The van der Waals surface area contributed by atoms with Crippen LogP contribution in [0, 0.1) is 0 Å². The number of carboxylic acid groups (broad SMARTS) is 1. The molecule has 0 aliphatic carbocycles. The molecular formula is C14H24O6. The van der Waals surface area contributed by atoms with Gasteiger partial charge in [-0.2, -0.15) is 0 Å².